The van der Waals surface area contributed by atoms with Crippen molar-refractivity contribution in [3.8, 4) is 0 Å². The highest BCUT2D eigenvalue weighted by Gasteiger charge is 2.19. The minimum Gasteiger partial charge on any atom is -0.481 e. The van der Waals surface area contributed by atoms with Crippen molar-refractivity contribution < 1.29 is 19.8 Å². The van der Waals surface area contributed by atoms with E-state index < -0.39 is 11.9 Å². The quantitative estimate of drug-likeness (QED) is 0.404. The van der Waals surface area contributed by atoms with Gasteiger partial charge < -0.3 is 21.3 Å². The van der Waals surface area contributed by atoms with Gasteiger partial charge in [0.25, 0.3) is 0 Å². The first-order valence-corrected chi connectivity index (χ1v) is 4.42. The van der Waals surface area contributed by atoms with Crippen molar-refractivity contribution in [1.29, 1.82) is 0 Å². The van der Waals surface area contributed by atoms with Gasteiger partial charge in [0.2, 0.25) is 5.91 Å². The Morgan fingerprint density at radius 2 is 2.07 bits per heavy atom. The fraction of sp³-hybridized carbons (Fsp3) is 0.750. The number of hydrogen-bond acceptors (Lipinski definition) is 4. The molecular weight excluding hydrogens is 188 g/mol. The van der Waals surface area contributed by atoms with Crippen LogP contribution in [0.2, 0.25) is 0 Å². The van der Waals surface area contributed by atoms with Crippen molar-refractivity contribution in [2.45, 2.75) is 12.8 Å². The molecule has 0 aromatic rings. The van der Waals surface area contributed by atoms with Gasteiger partial charge in [-0.25, -0.2) is 0 Å². The maximum absolute atomic E-state index is 11.1. The number of carbonyl (C=O) groups is 2. The van der Waals surface area contributed by atoms with E-state index in [2.05, 4.69) is 5.32 Å². The lowest BCUT2D eigenvalue weighted by atomic mass is 10.0. The fourth-order valence-corrected chi connectivity index (χ4v) is 1.01. The summed E-state index contributed by atoms with van der Waals surface area (Å²) < 4.78 is 0. The third-order valence-electron chi connectivity index (χ3n) is 1.73. The standard InChI is InChI=1S/C8H16N2O4/c9-2-1-6(8(13)14)5-7(12)10-3-4-11/h6,11H,1-5,9H2,(H,10,12)(H,13,14). The van der Waals surface area contributed by atoms with E-state index in [4.69, 9.17) is 15.9 Å². The number of hydrogen-bond donors (Lipinski definition) is 4. The molecule has 82 valence electrons. The zero-order chi connectivity index (χ0) is 11.0. The molecule has 6 heteroatoms. The lowest BCUT2D eigenvalue weighted by Crippen LogP contribution is -2.31. The number of aliphatic carboxylic acids is 1. The van der Waals surface area contributed by atoms with Gasteiger partial charge in [-0.15, -0.1) is 0 Å². The minimum absolute atomic E-state index is 0.0907. The number of carboxylic acids is 1. The van der Waals surface area contributed by atoms with Gasteiger partial charge in [0.1, 0.15) is 0 Å². The van der Waals surface area contributed by atoms with Crippen LogP contribution in [0, 0.1) is 5.92 Å². The van der Waals surface area contributed by atoms with Crippen molar-refractivity contribution in [3.05, 3.63) is 0 Å². The molecule has 0 bridgehead atoms. The summed E-state index contributed by atoms with van der Waals surface area (Å²) in [4.78, 5) is 21.7. The van der Waals surface area contributed by atoms with E-state index in [1.807, 2.05) is 0 Å². The molecule has 0 saturated heterocycles. The molecule has 1 unspecified atom stereocenters. The van der Waals surface area contributed by atoms with Crippen LogP contribution in [-0.2, 0) is 9.59 Å². The van der Waals surface area contributed by atoms with Gasteiger partial charge in [0.05, 0.1) is 12.5 Å². The number of aliphatic hydroxyl groups excluding tert-OH is 1. The molecule has 0 aromatic carbocycles. The molecule has 0 aliphatic carbocycles. The normalized spacial score (nSPS) is 12.1. The largest absolute Gasteiger partial charge is 0.481 e. The van der Waals surface area contributed by atoms with Crippen LogP contribution < -0.4 is 11.1 Å². The first kappa shape index (κ1) is 12.9. The molecule has 6 nitrogen and oxygen atoms in total. The molecule has 0 rings (SSSR count). The first-order chi connectivity index (χ1) is 6.61. The molecule has 0 heterocycles. The molecule has 0 aliphatic heterocycles. The summed E-state index contributed by atoms with van der Waals surface area (Å²) in [5, 5.41) is 19.5. The Hall–Kier alpha value is -1.14. The zero-order valence-electron chi connectivity index (χ0n) is 7.90. The summed E-state index contributed by atoms with van der Waals surface area (Å²) in [6.45, 7) is 0.235. The first-order valence-electron chi connectivity index (χ1n) is 4.42. The number of nitrogens with two attached hydrogens (primary N) is 1. The molecule has 1 amide bonds. The molecule has 1 atom stereocenters. The fourth-order valence-electron chi connectivity index (χ4n) is 1.01. The average molecular weight is 204 g/mol. The van der Waals surface area contributed by atoms with Crippen molar-refractivity contribution in [3.63, 3.8) is 0 Å². The molecule has 0 spiro atoms. The monoisotopic (exact) mass is 204 g/mol. The Balaban J connectivity index is 3.90. The second-order valence-electron chi connectivity index (χ2n) is 2.89. The van der Waals surface area contributed by atoms with Gasteiger partial charge in [-0.3, -0.25) is 9.59 Å². The van der Waals surface area contributed by atoms with E-state index in [9.17, 15) is 9.59 Å². The second-order valence-corrected chi connectivity index (χ2v) is 2.89. The Morgan fingerprint density at radius 3 is 2.50 bits per heavy atom. The predicted molar refractivity (Wildman–Crippen MR) is 49.5 cm³/mol. The third-order valence-corrected chi connectivity index (χ3v) is 1.73. The van der Waals surface area contributed by atoms with Gasteiger partial charge >= 0.3 is 5.97 Å². The molecule has 0 radical (unpaired) electrons. The van der Waals surface area contributed by atoms with Crippen molar-refractivity contribution in [2.75, 3.05) is 19.7 Å². The molecule has 0 aliphatic rings. The van der Waals surface area contributed by atoms with Gasteiger partial charge in [0.15, 0.2) is 0 Å². The van der Waals surface area contributed by atoms with Crippen molar-refractivity contribution in [1.82, 2.24) is 5.32 Å². The summed E-state index contributed by atoms with van der Waals surface area (Å²) in [5.41, 5.74) is 5.21. The highest BCUT2D eigenvalue weighted by Crippen LogP contribution is 2.07. The third kappa shape index (κ3) is 5.50. The van der Waals surface area contributed by atoms with Crippen LogP contribution in [0.4, 0.5) is 0 Å². The lowest BCUT2D eigenvalue weighted by Gasteiger charge is -2.10. The van der Waals surface area contributed by atoms with Gasteiger partial charge in [-0.05, 0) is 13.0 Å². The number of rotatable bonds is 7. The topological polar surface area (TPSA) is 113 Å². The number of amides is 1. The molecule has 0 fully saturated rings. The van der Waals surface area contributed by atoms with Crippen LogP contribution in [0.5, 0.6) is 0 Å². The van der Waals surface area contributed by atoms with Gasteiger partial charge in [0, 0.05) is 13.0 Å². The van der Waals surface area contributed by atoms with E-state index in [1.54, 1.807) is 0 Å². The molecule has 5 N–H and O–H groups in total. The summed E-state index contributed by atoms with van der Waals surface area (Å²) in [6.07, 6.45) is 0.189. The maximum Gasteiger partial charge on any atom is 0.307 e. The lowest BCUT2D eigenvalue weighted by molar-refractivity contribution is -0.144. The zero-order valence-corrected chi connectivity index (χ0v) is 7.90. The van der Waals surface area contributed by atoms with Crippen LogP contribution >= 0.6 is 0 Å². The summed E-state index contributed by atoms with van der Waals surface area (Å²) in [5.74, 6) is -2.13. The van der Waals surface area contributed by atoms with Crippen molar-refractivity contribution >= 4 is 11.9 Å². The summed E-state index contributed by atoms with van der Waals surface area (Å²) >= 11 is 0. The van der Waals surface area contributed by atoms with E-state index in [1.165, 1.54) is 0 Å². The van der Waals surface area contributed by atoms with Crippen LogP contribution in [0.25, 0.3) is 0 Å². The Kier molecular flexibility index (Phi) is 6.69. The number of aliphatic hydroxyl groups is 1. The molecular formula is C8H16N2O4. The molecule has 0 aromatic heterocycles. The van der Waals surface area contributed by atoms with Crippen LogP contribution in [0.1, 0.15) is 12.8 Å². The second kappa shape index (κ2) is 7.28. The number of carboxylic acid groups (broad SMARTS) is 1. The maximum atomic E-state index is 11.1. The van der Waals surface area contributed by atoms with Gasteiger partial charge in [-0.2, -0.15) is 0 Å². The number of carbonyl (C=O) groups excluding carboxylic acids is 1. The molecule has 0 saturated carbocycles. The van der Waals surface area contributed by atoms with Crippen LogP contribution in [-0.4, -0.2) is 41.8 Å². The van der Waals surface area contributed by atoms with E-state index in [0.29, 0.717) is 0 Å². The smallest absolute Gasteiger partial charge is 0.307 e. The predicted octanol–water partition coefficient (Wildman–Crippen LogP) is -1.47. The van der Waals surface area contributed by atoms with E-state index in [0.717, 1.165) is 0 Å². The Bertz CT molecular complexity index is 196. The Labute approximate surface area is 82.1 Å². The summed E-state index contributed by atoms with van der Waals surface area (Å²) in [6, 6.07) is 0. The van der Waals surface area contributed by atoms with Crippen LogP contribution in [0.3, 0.4) is 0 Å². The van der Waals surface area contributed by atoms with E-state index >= 15 is 0 Å². The van der Waals surface area contributed by atoms with Crippen LogP contribution in [0.15, 0.2) is 0 Å². The minimum atomic E-state index is -1.02. The summed E-state index contributed by atoms with van der Waals surface area (Å²) in [7, 11) is 0. The number of nitrogens with one attached hydrogen (secondary N) is 1. The van der Waals surface area contributed by atoms with Crippen molar-refractivity contribution in [2.24, 2.45) is 11.7 Å². The SMILES string of the molecule is NCCC(CC(=O)NCCO)C(=O)O. The highest BCUT2D eigenvalue weighted by molar-refractivity contribution is 5.82. The van der Waals surface area contributed by atoms with E-state index in [-0.39, 0.29) is 38.4 Å². The average Bonchev–Trinajstić information content (AvgIpc) is 2.14. The highest BCUT2D eigenvalue weighted by atomic mass is 16.4. The Morgan fingerprint density at radius 1 is 1.43 bits per heavy atom. The molecule has 14 heavy (non-hydrogen) atoms. The van der Waals surface area contributed by atoms with Gasteiger partial charge in [-0.1, -0.05) is 0 Å².